The monoisotopic (exact) mass is 283 g/mol. The third kappa shape index (κ3) is 2.89. The van der Waals surface area contributed by atoms with E-state index in [9.17, 15) is 0 Å². The lowest BCUT2D eigenvalue weighted by Gasteiger charge is -2.21. The number of anilines is 3. The van der Waals surface area contributed by atoms with Gasteiger partial charge in [-0.1, -0.05) is 6.07 Å². The summed E-state index contributed by atoms with van der Waals surface area (Å²) in [5.74, 6) is 0.842. The Balaban J connectivity index is 1.72. The topological polar surface area (TPSA) is 59.3 Å². The lowest BCUT2D eigenvalue weighted by molar-refractivity contribution is 0.415. The highest BCUT2D eigenvalue weighted by Crippen LogP contribution is 2.31. The average molecular weight is 283 g/mol. The highest BCUT2D eigenvalue weighted by Gasteiger charge is 2.14. The Bertz CT molecular complexity index is 623. The van der Waals surface area contributed by atoms with E-state index in [1.807, 2.05) is 24.3 Å². The van der Waals surface area contributed by atoms with Crippen LogP contribution in [0, 0.1) is 0 Å². The van der Waals surface area contributed by atoms with Gasteiger partial charge in [-0.25, -0.2) is 0 Å². The molecule has 0 radical (unpaired) electrons. The molecule has 0 bridgehead atoms. The van der Waals surface area contributed by atoms with Crippen molar-refractivity contribution >= 4 is 17.1 Å². The molecule has 2 aromatic carbocycles. The molecule has 0 saturated heterocycles. The van der Waals surface area contributed by atoms with Crippen LogP contribution in [0.25, 0.3) is 0 Å². The number of nitrogens with two attached hydrogens (primary N) is 1. The van der Waals surface area contributed by atoms with Gasteiger partial charge in [0.25, 0.3) is 0 Å². The zero-order valence-corrected chi connectivity index (χ0v) is 12.3. The van der Waals surface area contributed by atoms with Crippen LogP contribution in [0.15, 0.2) is 36.4 Å². The normalized spacial score (nSPS) is 13.4. The fraction of sp³-hybridized carbons (Fsp3) is 0.294. The first-order valence-electron chi connectivity index (χ1n) is 7.34. The van der Waals surface area contributed by atoms with Crippen LogP contribution >= 0.6 is 0 Å². The number of fused-ring (bicyclic) bond motifs is 1. The average Bonchev–Trinajstić information content (AvgIpc) is 2.55. The zero-order chi connectivity index (χ0) is 14.7. The van der Waals surface area contributed by atoms with Gasteiger partial charge in [-0.2, -0.15) is 0 Å². The molecule has 1 aliphatic rings. The Morgan fingerprint density at radius 2 is 1.71 bits per heavy atom. The van der Waals surface area contributed by atoms with Gasteiger partial charge in [0.2, 0.25) is 0 Å². The Labute approximate surface area is 125 Å². The van der Waals surface area contributed by atoms with Crippen molar-refractivity contribution in [2.45, 2.75) is 25.7 Å². The summed E-state index contributed by atoms with van der Waals surface area (Å²) < 4.78 is 5.15. The molecule has 0 aromatic heterocycles. The molecule has 0 fully saturated rings. The smallest absolute Gasteiger partial charge is 0.119 e. The van der Waals surface area contributed by atoms with Crippen LogP contribution < -0.4 is 21.3 Å². The summed E-state index contributed by atoms with van der Waals surface area (Å²) in [5.41, 5.74) is 18.1. The van der Waals surface area contributed by atoms with Crippen LogP contribution in [0.1, 0.15) is 24.0 Å². The molecule has 1 aliphatic carbocycles. The maximum absolute atomic E-state index is 6.29. The molecule has 0 aliphatic heterocycles. The van der Waals surface area contributed by atoms with Gasteiger partial charge < -0.3 is 15.9 Å². The van der Waals surface area contributed by atoms with Crippen molar-refractivity contribution < 1.29 is 4.74 Å². The highest BCUT2D eigenvalue weighted by molar-refractivity contribution is 5.73. The highest BCUT2D eigenvalue weighted by atomic mass is 16.5. The van der Waals surface area contributed by atoms with E-state index in [0.29, 0.717) is 0 Å². The summed E-state index contributed by atoms with van der Waals surface area (Å²) in [6.07, 6.45) is 4.72. The van der Waals surface area contributed by atoms with E-state index in [4.69, 9.17) is 10.5 Å². The van der Waals surface area contributed by atoms with Gasteiger partial charge in [0, 0.05) is 0 Å². The molecule has 2 aromatic rings. The zero-order valence-electron chi connectivity index (χ0n) is 12.3. The number of hydrogen-bond donors (Lipinski definition) is 3. The molecule has 0 amide bonds. The van der Waals surface area contributed by atoms with Crippen LogP contribution in [-0.2, 0) is 12.8 Å². The standard InChI is InChI=1S/C17H21N3O/c1-21-14-9-7-13(8-10-14)19-20-16-11-6-12-4-2-3-5-15(12)17(16)18/h6-11,19-20H,2-5,18H2,1H3. The molecule has 110 valence electrons. The van der Waals surface area contributed by atoms with Crippen molar-refractivity contribution in [1.29, 1.82) is 0 Å². The second-order valence-electron chi connectivity index (χ2n) is 5.35. The van der Waals surface area contributed by atoms with E-state index in [1.165, 1.54) is 24.0 Å². The Kier molecular flexibility index (Phi) is 3.86. The van der Waals surface area contributed by atoms with Crippen molar-refractivity contribution in [3.8, 4) is 5.75 Å². The number of nitrogen functional groups attached to an aromatic ring is 1. The van der Waals surface area contributed by atoms with Crippen molar-refractivity contribution in [2.75, 3.05) is 23.7 Å². The van der Waals surface area contributed by atoms with Crippen molar-refractivity contribution in [2.24, 2.45) is 0 Å². The Morgan fingerprint density at radius 1 is 0.952 bits per heavy atom. The van der Waals surface area contributed by atoms with E-state index in [0.717, 1.165) is 35.7 Å². The minimum Gasteiger partial charge on any atom is -0.497 e. The molecule has 4 heteroatoms. The van der Waals surface area contributed by atoms with Gasteiger partial charge >= 0.3 is 0 Å². The largest absolute Gasteiger partial charge is 0.497 e. The number of hydrogen-bond acceptors (Lipinski definition) is 4. The van der Waals surface area contributed by atoms with Crippen LogP contribution in [0.5, 0.6) is 5.75 Å². The minimum absolute atomic E-state index is 0.842. The van der Waals surface area contributed by atoms with E-state index >= 15 is 0 Å². The van der Waals surface area contributed by atoms with Crippen molar-refractivity contribution in [1.82, 2.24) is 0 Å². The quantitative estimate of drug-likeness (QED) is 0.593. The van der Waals surface area contributed by atoms with Gasteiger partial charge in [0.1, 0.15) is 5.75 Å². The van der Waals surface area contributed by atoms with Crippen LogP contribution in [-0.4, -0.2) is 7.11 Å². The van der Waals surface area contributed by atoms with Crippen molar-refractivity contribution in [3.63, 3.8) is 0 Å². The van der Waals surface area contributed by atoms with E-state index < -0.39 is 0 Å². The predicted molar refractivity (Wildman–Crippen MR) is 87.7 cm³/mol. The SMILES string of the molecule is COc1ccc(NNc2ccc3c(c2N)CCCC3)cc1. The van der Waals surface area contributed by atoms with E-state index in [1.54, 1.807) is 7.11 Å². The second kappa shape index (κ2) is 5.95. The predicted octanol–water partition coefficient (Wildman–Crippen LogP) is 3.60. The lowest BCUT2D eigenvalue weighted by Crippen LogP contribution is -2.13. The van der Waals surface area contributed by atoms with Crippen LogP contribution in [0.2, 0.25) is 0 Å². The van der Waals surface area contributed by atoms with Gasteiger partial charge in [0.15, 0.2) is 0 Å². The number of rotatable bonds is 4. The first-order chi connectivity index (χ1) is 10.3. The Morgan fingerprint density at radius 3 is 2.48 bits per heavy atom. The van der Waals surface area contributed by atoms with Crippen molar-refractivity contribution in [3.05, 3.63) is 47.5 Å². The molecular formula is C17H21N3O. The molecule has 0 atom stereocenters. The van der Waals surface area contributed by atoms with E-state index in [2.05, 4.69) is 23.0 Å². The second-order valence-corrected chi connectivity index (χ2v) is 5.35. The molecule has 0 saturated carbocycles. The summed E-state index contributed by atoms with van der Waals surface area (Å²) in [4.78, 5) is 0. The molecule has 21 heavy (non-hydrogen) atoms. The van der Waals surface area contributed by atoms with Gasteiger partial charge in [-0.05, 0) is 67.1 Å². The maximum Gasteiger partial charge on any atom is 0.119 e. The van der Waals surface area contributed by atoms with Gasteiger partial charge in [0.05, 0.1) is 24.2 Å². The maximum atomic E-state index is 6.29. The molecular weight excluding hydrogens is 262 g/mol. The molecule has 4 nitrogen and oxygen atoms in total. The number of aryl methyl sites for hydroxylation is 1. The summed E-state index contributed by atoms with van der Waals surface area (Å²) >= 11 is 0. The number of ether oxygens (including phenoxy) is 1. The fourth-order valence-electron chi connectivity index (χ4n) is 2.78. The third-order valence-corrected chi connectivity index (χ3v) is 4.01. The molecule has 0 spiro atoms. The number of hydrazine groups is 1. The first-order valence-corrected chi connectivity index (χ1v) is 7.34. The summed E-state index contributed by atoms with van der Waals surface area (Å²) in [7, 11) is 1.66. The molecule has 0 heterocycles. The number of benzene rings is 2. The van der Waals surface area contributed by atoms with Gasteiger partial charge in [-0.3, -0.25) is 5.43 Å². The molecule has 0 unspecified atom stereocenters. The lowest BCUT2D eigenvalue weighted by atomic mass is 9.90. The van der Waals surface area contributed by atoms with Gasteiger partial charge in [-0.15, -0.1) is 0 Å². The van der Waals surface area contributed by atoms with Crippen LogP contribution in [0.4, 0.5) is 17.1 Å². The fourth-order valence-corrected chi connectivity index (χ4v) is 2.78. The van der Waals surface area contributed by atoms with Crippen LogP contribution in [0.3, 0.4) is 0 Å². The van der Waals surface area contributed by atoms with E-state index in [-0.39, 0.29) is 0 Å². The molecule has 3 rings (SSSR count). The summed E-state index contributed by atoms with van der Waals surface area (Å²) in [5, 5.41) is 0. The third-order valence-electron chi connectivity index (χ3n) is 4.01. The summed E-state index contributed by atoms with van der Waals surface area (Å²) in [6, 6.07) is 12.0. The summed E-state index contributed by atoms with van der Waals surface area (Å²) in [6.45, 7) is 0. The minimum atomic E-state index is 0.842. The number of nitrogens with one attached hydrogen (secondary N) is 2. The Hall–Kier alpha value is -2.36. The first kappa shape index (κ1) is 13.6. The number of methoxy groups -OCH3 is 1. The molecule has 4 N–H and O–H groups in total.